The maximum atomic E-state index is 5.31. The van der Waals surface area contributed by atoms with Gasteiger partial charge in [0.2, 0.25) is 0 Å². The summed E-state index contributed by atoms with van der Waals surface area (Å²) < 4.78 is 0. The first kappa shape index (κ1) is 9.99. The maximum absolute atomic E-state index is 5.31. The molecule has 0 spiro atoms. The van der Waals surface area contributed by atoms with E-state index in [4.69, 9.17) is 4.84 Å². The number of fused-ring (bicyclic) bond motifs is 1. The Bertz CT molecular complexity index is 263. The topological polar surface area (TPSA) is 25.4 Å². The summed E-state index contributed by atoms with van der Waals surface area (Å²) in [6.07, 6.45) is 4.64. The monoisotopic (exact) mass is 180 g/mol. The largest absolute Gasteiger partial charge is 0.273 e. The SMILES string of the molecule is CC.CN1OCCc2cnccc21. The average Bonchev–Trinajstić information content (AvgIpc) is 2.22. The third-order valence-electron chi connectivity index (χ3n) is 1.87. The first-order valence-corrected chi connectivity index (χ1v) is 4.67. The molecule has 0 saturated heterocycles. The van der Waals surface area contributed by atoms with E-state index in [0.717, 1.165) is 18.7 Å². The van der Waals surface area contributed by atoms with Gasteiger partial charge in [-0.1, -0.05) is 13.8 Å². The lowest BCUT2D eigenvalue weighted by Gasteiger charge is -2.25. The predicted molar refractivity (Wildman–Crippen MR) is 53.6 cm³/mol. The van der Waals surface area contributed by atoms with Gasteiger partial charge in [0.05, 0.1) is 12.3 Å². The van der Waals surface area contributed by atoms with Crippen LogP contribution in [0.25, 0.3) is 0 Å². The third-order valence-corrected chi connectivity index (χ3v) is 1.87. The van der Waals surface area contributed by atoms with Crippen molar-refractivity contribution >= 4 is 5.69 Å². The summed E-state index contributed by atoms with van der Waals surface area (Å²) in [6, 6.07) is 1.97. The van der Waals surface area contributed by atoms with Gasteiger partial charge in [-0.3, -0.25) is 14.9 Å². The minimum absolute atomic E-state index is 0.759. The zero-order valence-electron chi connectivity index (χ0n) is 8.45. The first-order valence-electron chi connectivity index (χ1n) is 4.67. The number of anilines is 1. The van der Waals surface area contributed by atoms with Crippen molar-refractivity contribution in [2.75, 3.05) is 18.7 Å². The molecule has 0 bridgehead atoms. The van der Waals surface area contributed by atoms with Crippen LogP contribution in [-0.4, -0.2) is 18.6 Å². The second kappa shape index (κ2) is 4.82. The van der Waals surface area contributed by atoms with Crippen molar-refractivity contribution in [3.05, 3.63) is 24.0 Å². The minimum atomic E-state index is 0.759. The Morgan fingerprint density at radius 2 is 2.23 bits per heavy atom. The molecule has 0 fully saturated rings. The van der Waals surface area contributed by atoms with Crippen LogP contribution >= 0.6 is 0 Å². The summed E-state index contributed by atoms with van der Waals surface area (Å²) in [6.45, 7) is 4.76. The van der Waals surface area contributed by atoms with E-state index < -0.39 is 0 Å². The molecule has 1 aliphatic heterocycles. The highest BCUT2D eigenvalue weighted by atomic mass is 16.7. The number of pyridine rings is 1. The van der Waals surface area contributed by atoms with E-state index in [1.807, 2.05) is 33.2 Å². The predicted octanol–water partition coefficient (Wildman–Crippen LogP) is 2.03. The number of rotatable bonds is 0. The van der Waals surface area contributed by atoms with Crippen LogP contribution in [0.4, 0.5) is 5.69 Å². The molecule has 0 amide bonds. The standard InChI is InChI=1S/C8H10N2O.C2H6/c1-10-8-2-4-9-6-7(8)3-5-11-10;1-2/h2,4,6H,3,5H2,1H3;1-2H3. The summed E-state index contributed by atoms with van der Waals surface area (Å²) in [5.41, 5.74) is 2.40. The third kappa shape index (κ3) is 2.18. The molecule has 3 nitrogen and oxygen atoms in total. The van der Waals surface area contributed by atoms with Gasteiger partial charge in [-0.2, -0.15) is 0 Å². The molecule has 0 aliphatic carbocycles. The van der Waals surface area contributed by atoms with E-state index in [0.29, 0.717) is 0 Å². The smallest absolute Gasteiger partial charge is 0.0790 e. The molecule has 0 radical (unpaired) electrons. The lowest BCUT2D eigenvalue weighted by atomic mass is 10.1. The van der Waals surface area contributed by atoms with Gasteiger partial charge in [-0.05, 0) is 11.6 Å². The minimum Gasteiger partial charge on any atom is -0.273 e. The zero-order chi connectivity index (χ0) is 9.68. The van der Waals surface area contributed by atoms with Gasteiger partial charge < -0.3 is 0 Å². The van der Waals surface area contributed by atoms with Crippen LogP contribution in [0.15, 0.2) is 18.5 Å². The molecule has 3 heteroatoms. The number of hydrogen-bond acceptors (Lipinski definition) is 3. The Labute approximate surface area is 79.3 Å². The highest BCUT2D eigenvalue weighted by Crippen LogP contribution is 2.22. The Morgan fingerprint density at radius 3 is 2.92 bits per heavy atom. The van der Waals surface area contributed by atoms with Crippen molar-refractivity contribution in [1.82, 2.24) is 4.98 Å². The molecule has 2 rings (SSSR count). The van der Waals surface area contributed by atoms with E-state index in [2.05, 4.69) is 4.98 Å². The van der Waals surface area contributed by atoms with Crippen LogP contribution in [0.5, 0.6) is 0 Å². The molecule has 0 N–H and O–H groups in total. The van der Waals surface area contributed by atoms with Crippen molar-refractivity contribution in [3.63, 3.8) is 0 Å². The van der Waals surface area contributed by atoms with Crippen molar-refractivity contribution < 1.29 is 4.84 Å². The summed E-state index contributed by atoms with van der Waals surface area (Å²) in [5.74, 6) is 0. The lowest BCUT2D eigenvalue weighted by molar-refractivity contribution is 0.114. The average molecular weight is 180 g/mol. The zero-order valence-corrected chi connectivity index (χ0v) is 8.45. The fourth-order valence-corrected chi connectivity index (χ4v) is 1.28. The highest BCUT2D eigenvalue weighted by Gasteiger charge is 2.12. The summed E-state index contributed by atoms with van der Waals surface area (Å²) in [7, 11) is 1.91. The molecule has 0 atom stereocenters. The molecular weight excluding hydrogens is 164 g/mol. The van der Waals surface area contributed by atoms with Crippen molar-refractivity contribution in [2.45, 2.75) is 20.3 Å². The molecule has 1 aliphatic rings. The van der Waals surface area contributed by atoms with E-state index in [-0.39, 0.29) is 0 Å². The van der Waals surface area contributed by atoms with Crippen molar-refractivity contribution in [1.29, 1.82) is 0 Å². The van der Waals surface area contributed by atoms with Gasteiger partial charge in [0.15, 0.2) is 0 Å². The van der Waals surface area contributed by atoms with Crippen LogP contribution in [0.2, 0.25) is 0 Å². The van der Waals surface area contributed by atoms with Crippen molar-refractivity contribution in [3.8, 4) is 0 Å². The number of aromatic nitrogens is 1. The number of nitrogens with zero attached hydrogens (tertiary/aromatic N) is 2. The van der Waals surface area contributed by atoms with Gasteiger partial charge >= 0.3 is 0 Å². The summed E-state index contributed by atoms with van der Waals surface area (Å²) in [4.78, 5) is 9.36. The van der Waals surface area contributed by atoms with Crippen LogP contribution in [0.1, 0.15) is 19.4 Å². The van der Waals surface area contributed by atoms with Crippen LogP contribution < -0.4 is 5.06 Å². The second-order valence-electron chi connectivity index (χ2n) is 2.59. The van der Waals surface area contributed by atoms with Crippen molar-refractivity contribution in [2.24, 2.45) is 0 Å². The number of hydrogen-bond donors (Lipinski definition) is 0. The molecule has 72 valence electrons. The van der Waals surface area contributed by atoms with Gasteiger partial charge in [0.1, 0.15) is 0 Å². The van der Waals surface area contributed by atoms with E-state index in [9.17, 15) is 0 Å². The molecule has 0 aromatic carbocycles. The molecule has 1 aromatic rings. The first-order chi connectivity index (χ1) is 6.38. The van der Waals surface area contributed by atoms with E-state index in [1.165, 1.54) is 5.56 Å². The fourth-order valence-electron chi connectivity index (χ4n) is 1.28. The fraction of sp³-hybridized carbons (Fsp3) is 0.500. The molecule has 13 heavy (non-hydrogen) atoms. The van der Waals surface area contributed by atoms with Crippen LogP contribution in [-0.2, 0) is 11.3 Å². The Kier molecular flexibility index (Phi) is 3.71. The van der Waals surface area contributed by atoms with Gasteiger partial charge in [-0.25, -0.2) is 0 Å². The molecule has 1 aromatic heterocycles. The Morgan fingerprint density at radius 1 is 1.46 bits per heavy atom. The normalized spacial score (nSPS) is 14.2. The maximum Gasteiger partial charge on any atom is 0.0790 e. The summed E-state index contributed by atoms with van der Waals surface area (Å²) in [5, 5.41) is 1.79. The second-order valence-corrected chi connectivity index (χ2v) is 2.59. The van der Waals surface area contributed by atoms with Crippen LogP contribution in [0, 0.1) is 0 Å². The lowest BCUT2D eigenvalue weighted by Crippen LogP contribution is -2.25. The highest BCUT2D eigenvalue weighted by molar-refractivity contribution is 5.50. The van der Waals surface area contributed by atoms with Gasteiger partial charge in [-0.15, -0.1) is 0 Å². The molecule has 0 saturated carbocycles. The van der Waals surface area contributed by atoms with Gasteiger partial charge in [0, 0.05) is 25.9 Å². The quantitative estimate of drug-likeness (QED) is 0.611. The van der Waals surface area contributed by atoms with Gasteiger partial charge in [0.25, 0.3) is 0 Å². The van der Waals surface area contributed by atoms with E-state index in [1.54, 1.807) is 11.3 Å². The Balaban J connectivity index is 0.000000396. The number of hydroxylamine groups is 1. The van der Waals surface area contributed by atoms with E-state index >= 15 is 0 Å². The van der Waals surface area contributed by atoms with Crippen LogP contribution in [0.3, 0.4) is 0 Å². The molecular formula is C10H16N2O. The molecule has 2 heterocycles. The Hall–Kier alpha value is -1.09. The summed E-state index contributed by atoms with van der Waals surface area (Å²) >= 11 is 0. The molecule has 0 unspecified atom stereocenters.